The Balaban J connectivity index is 2.21. The molecule has 0 atom stereocenters. The topological polar surface area (TPSA) is 88.6 Å². The third-order valence-electron chi connectivity index (χ3n) is 4.36. The van der Waals surface area contributed by atoms with Crippen LogP contribution in [0.15, 0.2) is 17.1 Å². The lowest BCUT2D eigenvalue weighted by Crippen LogP contribution is -2.36. The minimum atomic E-state index is -0.540. The molecule has 0 radical (unpaired) electrons. The summed E-state index contributed by atoms with van der Waals surface area (Å²) in [5.74, 6) is -0.769. The predicted molar refractivity (Wildman–Crippen MR) is 105 cm³/mol. The summed E-state index contributed by atoms with van der Waals surface area (Å²) in [6.07, 6.45) is 7.34. The van der Waals surface area contributed by atoms with Gasteiger partial charge in [-0.2, -0.15) is 9.61 Å². The Labute approximate surface area is 158 Å². The van der Waals surface area contributed by atoms with E-state index in [9.17, 15) is 14.7 Å². The molecule has 0 aliphatic heterocycles. The van der Waals surface area contributed by atoms with Gasteiger partial charge in [0.1, 0.15) is 5.65 Å². The van der Waals surface area contributed by atoms with Gasteiger partial charge in [-0.25, -0.2) is 0 Å². The number of fused-ring (bicyclic) bond motifs is 1. The number of carbonyl (C=O) groups is 1. The third-order valence-corrected chi connectivity index (χ3v) is 4.36. The van der Waals surface area contributed by atoms with Gasteiger partial charge in [0, 0.05) is 18.2 Å². The van der Waals surface area contributed by atoms with Gasteiger partial charge in [-0.15, -0.1) is 0 Å². The van der Waals surface area contributed by atoms with E-state index < -0.39 is 17.3 Å². The van der Waals surface area contributed by atoms with Crippen LogP contribution in [0, 0.1) is 11.3 Å². The fourth-order valence-electron chi connectivity index (χ4n) is 2.89. The molecular weight excluding hydrogens is 344 g/mol. The van der Waals surface area contributed by atoms with E-state index in [1.165, 1.54) is 4.52 Å². The zero-order valence-corrected chi connectivity index (χ0v) is 16.6. The third kappa shape index (κ3) is 4.07. The van der Waals surface area contributed by atoms with Crippen molar-refractivity contribution in [3.63, 3.8) is 0 Å². The first-order chi connectivity index (χ1) is 12.6. The summed E-state index contributed by atoms with van der Waals surface area (Å²) < 4.78 is 2.83. The number of rotatable bonds is 5. The molecule has 0 unspecified atom stereocenters. The van der Waals surface area contributed by atoms with Crippen LogP contribution in [0.5, 0.6) is 5.88 Å². The van der Waals surface area contributed by atoms with Crippen molar-refractivity contribution in [1.82, 2.24) is 19.5 Å². The molecule has 1 aliphatic rings. The van der Waals surface area contributed by atoms with Crippen molar-refractivity contribution in [1.29, 1.82) is 0 Å². The summed E-state index contributed by atoms with van der Waals surface area (Å²) in [6.45, 7) is 10.7. The van der Waals surface area contributed by atoms with Gasteiger partial charge >= 0.3 is 0 Å². The summed E-state index contributed by atoms with van der Waals surface area (Å²) in [5, 5.41) is 17.7. The van der Waals surface area contributed by atoms with E-state index in [-0.39, 0.29) is 22.9 Å². The van der Waals surface area contributed by atoms with Gasteiger partial charge in [-0.3, -0.25) is 14.2 Å². The lowest BCUT2D eigenvalue weighted by Gasteiger charge is -2.16. The quantitative estimate of drug-likeness (QED) is 0.845. The van der Waals surface area contributed by atoms with Crippen LogP contribution in [0.1, 0.15) is 63.4 Å². The number of nitrogens with zero attached hydrogens (tertiary/aromatic N) is 3. The van der Waals surface area contributed by atoms with Crippen molar-refractivity contribution in [2.75, 3.05) is 0 Å². The Hall–Kier alpha value is -2.57. The summed E-state index contributed by atoms with van der Waals surface area (Å²) in [4.78, 5) is 25.7. The Bertz CT molecular complexity index is 956. The molecule has 3 rings (SSSR count). The highest BCUT2D eigenvalue weighted by atomic mass is 16.3. The van der Waals surface area contributed by atoms with E-state index >= 15 is 0 Å². The molecule has 0 saturated heterocycles. The van der Waals surface area contributed by atoms with E-state index in [2.05, 4.69) is 31.2 Å². The molecular formula is C20H28N4O3. The zero-order chi connectivity index (χ0) is 19.9. The molecule has 0 spiro atoms. The van der Waals surface area contributed by atoms with Gasteiger partial charge in [0.05, 0.1) is 6.20 Å². The fourth-order valence-corrected chi connectivity index (χ4v) is 2.89. The number of nitrogens with one attached hydrogen (secondary N) is 1. The fraction of sp³-hybridized carbons (Fsp3) is 0.550. The van der Waals surface area contributed by atoms with Crippen molar-refractivity contribution >= 4 is 17.6 Å². The number of aromatic hydroxyl groups is 1. The highest BCUT2D eigenvalue weighted by molar-refractivity contribution is 5.96. The second kappa shape index (κ2) is 6.87. The van der Waals surface area contributed by atoms with Crippen LogP contribution in [0.4, 0.5) is 0 Å². The molecule has 27 heavy (non-hydrogen) atoms. The highest BCUT2D eigenvalue weighted by Gasteiger charge is 2.29. The number of allylic oxidation sites excluding steroid dienone is 1. The molecule has 7 heteroatoms. The Kier molecular flexibility index (Phi) is 4.88. The van der Waals surface area contributed by atoms with E-state index in [0.717, 1.165) is 18.4 Å². The standard InChI is InChI=1S/C20H28N4O3/c1-12(2)11-23-17-13(8-9-20(3,4)5)10-21-24(17)19(27)15(18(23)26)16(25)22-14-6-7-14/h8-10,12,14,27H,6-7,11H2,1-5H3,(H,22,25)/b9-8+. The van der Waals surface area contributed by atoms with Crippen molar-refractivity contribution in [2.45, 2.75) is 60.0 Å². The molecule has 2 N–H and O–H groups in total. The second-order valence-electron chi connectivity index (χ2n) is 8.79. The first-order valence-electron chi connectivity index (χ1n) is 9.42. The lowest BCUT2D eigenvalue weighted by atomic mass is 9.96. The van der Waals surface area contributed by atoms with Crippen LogP contribution in [-0.4, -0.2) is 31.2 Å². The van der Waals surface area contributed by atoms with Crippen LogP contribution >= 0.6 is 0 Å². The number of hydrogen-bond acceptors (Lipinski definition) is 4. The molecule has 0 aromatic carbocycles. The average Bonchev–Trinajstić information content (AvgIpc) is 3.24. The molecule has 2 aromatic rings. The predicted octanol–water partition coefficient (Wildman–Crippen LogP) is 2.81. The number of amides is 1. The summed E-state index contributed by atoms with van der Waals surface area (Å²) in [7, 11) is 0. The largest absolute Gasteiger partial charge is 0.492 e. The van der Waals surface area contributed by atoms with Crippen molar-refractivity contribution < 1.29 is 9.90 Å². The van der Waals surface area contributed by atoms with Gasteiger partial charge in [-0.05, 0) is 24.2 Å². The first-order valence-corrected chi connectivity index (χ1v) is 9.42. The zero-order valence-electron chi connectivity index (χ0n) is 16.6. The van der Waals surface area contributed by atoms with Crippen molar-refractivity contribution in [3.05, 3.63) is 33.8 Å². The summed E-state index contributed by atoms with van der Waals surface area (Å²) in [5.41, 5.74) is 0.452. The summed E-state index contributed by atoms with van der Waals surface area (Å²) in [6, 6.07) is 0.0912. The average molecular weight is 372 g/mol. The van der Waals surface area contributed by atoms with E-state index in [1.807, 2.05) is 26.0 Å². The van der Waals surface area contributed by atoms with Gasteiger partial charge in [-0.1, -0.05) is 46.8 Å². The van der Waals surface area contributed by atoms with E-state index in [0.29, 0.717) is 12.2 Å². The molecule has 2 heterocycles. The molecule has 0 bridgehead atoms. The molecule has 2 aromatic heterocycles. The second-order valence-corrected chi connectivity index (χ2v) is 8.79. The Morgan fingerprint density at radius 3 is 2.63 bits per heavy atom. The van der Waals surface area contributed by atoms with Gasteiger partial charge < -0.3 is 10.4 Å². The van der Waals surface area contributed by atoms with E-state index in [4.69, 9.17) is 0 Å². The van der Waals surface area contributed by atoms with Crippen LogP contribution in [-0.2, 0) is 6.54 Å². The SMILES string of the molecule is CC(C)Cn1c(=O)c(C(=O)NC2CC2)c(O)n2ncc(/C=C/C(C)(C)C)c12. The Morgan fingerprint density at radius 2 is 2.07 bits per heavy atom. The molecule has 146 valence electrons. The number of aromatic nitrogens is 3. The number of hydrogen-bond donors (Lipinski definition) is 2. The van der Waals surface area contributed by atoms with Gasteiger partial charge in [0.2, 0.25) is 5.88 Å². The van der Waals surface area contributed by atoms with Crippen molar-refractivity contribution in [2.24, 2.45) is 11.3 Å². The Morgan fingerprint density at radius 1 is 1.41 bits per heavy atom. The molecule has 1 amide bonds. The highest BCUT2D eigenvalue weighted by Crippen LogP contribution is 2.24. The minimum Gasteiger partial charge on any atom is -0.492 e. The smallest absolute Gasteiger partial charge is 0.270 e. The normalized spacial score (nSPS) is 15.2. The molecule has 1 saturated carbocycles. The van der Waals surface area contributed by atoms with Crippen LogP contribution in [0.3, 0.4) is 0 Å². The number of carbonyl (C=O) groups excluding carboxylic acids is 1. The van der Waals surface area contributed by atoms with Crippen molar-refractivity contribution in [3.8, 4) is 5.88 Å². The maximum Gasteiger partial charge on any atom is 0.270 e. The molecule has 1 aliphatic carbocycles. The van der Waals surface area contributed by atoms with E-state index in [1.54, 1.807) is 10.8 Å². The lowest BCUT2D eigenvalue weighted by molar-refractivity contribution is 0.0944. The van der Waals surface area contributed by atoms with Crippen LogP contribution in [0.25, 0.3) is 11.7 Å². The maximum absolute atomic E-state index is 13.1. The van der Waals surface area contributed by atoms with Crippen LogP contribution in [0.2, 0.25) is 0 Å². The minimum absolute atomic E-state index is 0.0381. The van der Waals surface area contributed by atoms with Gasteiger partial charge in [0.15, 0.2) is 5.56 Å². The first kappa shape index (κ1) is 19.2. The van der Waals surface area contributed by atoms with Gasteiger partial charge in [0.25, 0.3) is 11.5 Å². The van der Waals surface area contributed by atoms with Crippen LogP contribution < -0.4 is 10.9 Å². The molecule has 1 fully saturated rings. The summed E-state index contributed by atoms with van der Waals surface area (Å²) >= 11 is 0. The monoisotopic (exact) mass is 372 g/mol. The molecule has 7 nitrogen and oxygen atoms in total. The maximum atomic E-state index is 13.1.